The van der Waals surface area contributed by atoms with E-state index in [0.717, 1.165) is 33.8 Å². The average Bonchev–Trinajstić information content (AvgIpc) is 2.66. The Morgan fingerprint density at radius 2 is 1.66 bits per heavy atom. The van der Waals surface area contributed by atoms with E-state index in [0.29, 0.717) is 12.3 Å². The van der Waals surface area contributed by atoms with Crippen LogP contribution in [0.3, 0.4) is 0 Å². The SMILES string of the molecule is CC[C@H](Oc1ccc(C)cc1C)C(=O)N[C@H](C)c1cc(C(C)C)c(OC)cc1C. The summed E-state index contributed by atoms with van der Waals surface area (Å²) in [7, 11) is 1.70. The third kappa shape index (κ3) is 5.53. The first-order valence-electron chi connectivity index (χ1n) is 10.4. The molecule has 0 saturated carbocycles. The van der Waals surface area contributed by atoms with E-state index in [1.807, 2.05) is 46.8 Å². The van der Waals surface area contributed by atoms with Crippen molar-refractivity contribution in [2.45, 2.75) is 73.0 Å². The summed E-state index contributed by atoms with van der Waals surface area (Å²) in [5, 5.41) is 3.14. The minimum atomic E-state index is -0.526. The molecule has 0 aliphatic heterocycles. The Bertz CT molecular complexity index is 857. The van der Waals surface area contributed by atoms with Crippen LogP contribution in [0.2, 0.25) is 0 Å². The van der Waals surface area contributed by atoms with E-state index in [1.165, 1.54) is 5.56 Å². The third-order valence-electron chi connectivity index (χ3n) is 5.33. The van der Waals surface area contributed by atoms with Crippen molar-refractivity contribution in [3.05, 3.63) is 58.1 Å². The molecule has 1 amide bonds. The van der Waals surface area contributed by atoms with Crippen LogP contribution in [0.5, 0.6) is 11.5 Å². The third-order valence-corrected chi connectivity index (χ3v) is 5.33. The zero-order chi connectivity index (χ0) is 21.7. The number of hydrogen-bond acceptors (Lipinski definition) is 3. The van der Waals surface area contributed by atoms with Crippen LogP contribution in [0, 0.1) is 20.8 Å². The van der Waals surface area contributed by atoms with E-state index in [-0.39, 0.29) is 11.9 Å². The highest BCUT2D eigenvalue weighted by Crippen LogP contribution is 2.32. The second-order valence-corrected chi connectivity index (χ2v) is 8.12. The molecule has 0 fully saturated rings. The summed E-state index contributed by atoms with van der Waals surface area (Å²) in [5.74, 6) is 1.89. The van der Waals surface area contributed by atoms with E-state index >= 15 is 0 Å². The van der Waals surface area contributed by atoms with Crippen LogP contribution in [-0.2, 0) is 4.79 Å². The lowest BCUT2D eigenvalue weighted by atomic mass is 9.93. The molecular weight excluding hydrogens is 362 g/mol. The first-order chi connectivity index (χ1) is 13.7. The number of ether oxygens (including phenoxy) is 2. The molecule has 0 radical (unpaired) electrons. The van der Waals surface area contributed by atoms with Gasteiger partial charge in [-0.25, -0.2) is 0 Å². The summed E-state index contributed by atoms with van der Waals surface area (Å²) in [6.07, 6.45) is 0.0759. The van der Waals surface area contributed by atoms with E-state index < -0.39 is 6.10 Å². The highest BCUT2D eigenvalue weighted by Gasteiger charge is 2.23. The number of rotatable bonds is 8. The molecule has 0 aliphatic carbocycles. The quantitative estimate of drug-likeness (QED) is 0.614. The second kappa shape index (κ2) is 9.82. The smallest absolute Gasteiger partial charge is 0.261 e. The predicted octanol–water partition coefficient (Wildman–Crippen LogP) is 5.78. The van der Waals surface area contributed by atoms with Crippen LogP contribution < -0.4 is 14.8 Å². The molecule has 0 aliphatic rings. The van der Waals surface area contributed by atoms with Gasteiger partial charge >= 0.3 is 0 Å². The maximum Gasteiger partial charge on any atom is 0.261 e. The van der Waals surface area contributed by atoms with Crippen LogP contribution in [-0.4, -0.2) is 19.1 Å². The molecule has 2 rings (SSSR count). The molecule has 0 saturated heterocycles. The summed E-state index contributed by atoms with van der Waals surface area (Å²) in [5.41, 5.74) is 5.56. The van der Waals surface area contributed by atoms with Gasteiger partial charge in [0.15, 0.2) is 6.10 Å². The first-order valence-corrected chi connectivity index (χ1v) is 10.4. The lowest BCUT2D eigenvalue weighted by Gasteiger charge is -2.24. The van der Waals surface area contributed by atoms with Crippen LogP contribution in [0.1, 0.15) is 73.9 Å². The van der Waals surface area contributed by atoms with Crippen molar-refractivity contribution in [2.24, 2.45) is 0 Å². The summed E-state index contributed by atoms with van der Waals surface area (Å²) >= 11 is 0. The Morgan fingerprint density at radius 3 is 2.21 bits per heavy atom. The number of carbonyl (C=O) groups excluding carboxylic acids is 1. The highest BCUT2D eigenvalue weighted by molar-refractivity contribution is 5.81. The number of benzene rings is 2. The van der Waals surface area contributed by atoms with Crippen molar-refractivity contribution in [2.75, 3.05) is 7.11 Å². The molecule has 0 aromatic heterocycles. The van der Waals surface area contributed by atoms with Crippen LogP contribution >= 0.6 is 0 Å². The molecule has 4 heteroatoms. The lowest BCUT2D eigenvalue weighted by molar-refractivity contribution is -0.128. The molecule has 29 heavy (non-hydrogen) atoms. The van der Waals surface area contributed by atoms with Gasteiger partial charge in [0.1, 0.15) is 11.5 Å². The number of amides is 1. The minimum Gasteiger partial charge on any atom is -0.496 e. The number of hydrogen-bond donors (Lipinski definition) is 1. The Balaban J connectivity index is 2.19. The lowest BCUT2D eigenvalue weighted by Crippen LogP contribution is -2.39. The fourth-order valence-corrected chi connectivity index (χ4v) is 3.60. The highest BCUT2D eigenvalue weighted by atomic mass is 16.5. The molecule has 2 aromatic rings. The average molecular weight is 398 g/mol. The number of carbonyl (C=O) groups is 1. The predicted molar refractivity (Wildman–Crippen MR) is 119 cm³/mol. The summed E-state index contributed by atoms with van der Waals surface area (Å²) < 4.78 is 11.6. The van der Waals surface area contributed by atoms with Crippen LogP contribution in [0.4, 0.5) is 0 Å². The largest absolute Gasteiger partial charge is 0.496 e. The van der Waals surface area contributed by atoms with Crippen LogP contribution in [0.15, 0.2) is 30.3 Å². The molecule has 0 spiro atoms. The molecule has 0 unspecified atom stereocenters. The van der Waals surface area contributed by atoms with E-state index in [9.17, 15) is 4.79 Å². The zero-order valence-electron chi connectivity index (χ0n) is 19.1. The zero-order valence-corrected chi connectivity index (χ0v) is 19.1. The van der Waals surface area contributed by atoms with Gasteiger partial charge in [0, 0.05) is 0 Å². The standard InChI is InChI=1S/C25H35NO3/c1-9-22(29-23-11-10-16(4)12-18(23)6)25(27)26-19(7)21-14-20(15(2)3)24(28-8)13-17(21)5/h10-15,19,22H,9H2,1-8H3,(H,26,27)/t19-,22+/m1/s1. The van der Waals surface area contributed by atoms with Gasteiger partial charge in [-0.3, -0.25) is 4.79 Å². The van der Waals surface area contributed by atoms with Gasteiger partial charge in [0.2, 0.25) is 0 Å². The Hall–Kier alpha value is -2.49. The fraction of sp³-hybridized carbons (Fsp3) is 0.480. The van der Waals surface area contributed by atoms with Gasteiger partial charge in [-0.1, -0.05) is 38.5 Å². The van der Waals surface area contributed by atoms with Gasteiger partial charge < -0.3 is 14.8 Å². The van der Waals surface area contributed by atoms with Crippen molar-refractivity contribution >= 4 is 5.91 Å². The maximum atomic E-state index is 12.9. The van der Waals surface area contributed by atoms with Gasteiger partial charge in [-0.2, -0.15) is 0 Å². The monoisotopic (exact) mass is 397 g/mol. The summed E-state index contributed by atoms with van der Waals surface area (Å²) in [4.78, 5) is 12.9. The normalized spacial score (nSPS) is 13.1. The number of methoxy groups -OCH3 is 1. The second-order valence-electron chi connectivity index (χ2n) is 8.12. The summed E-state index contributed by atoms with van der Waals surface area (Å²) in [6.45, 7) is 14.4. The van der Waals surface area contributed by atoms with Crippen LogP contribution in [0.25, 0.3) is 0 Å². The van der Waals surface area contributed by atoms with E-state index in [4.69, 9.17) is 9.47 Å². The molecule has 4 nitrogen and oxygen atoms in total. The number of aryl methyl sites for hydroxylation is 3. The van der Waals surface area contributed by atoms with Gasteiger partial charge in [0.25, 0.3) is 5.91 Å². The Kier molecular flexibility index (Phi) is 7.72. The van der Waals surface area contributed by atoms with Crippen molar-refractivity contribution < 1.29 is 14.3 Å². The molecule has 1 N–H and O–H groups in total. The Labute approximate surface area is 175 Å². The van der Waals surface area contributed by atoms with Gasteiger partial charge in [-0.05, 0) is 80.5 Å². The van der Waals surface area contributed by atoms with Gasteiger partial charge in [0.05, 0.1) is 13.2 Å². The molecular formula is C25H35NO3. The minimum absolute atomic E-state index is 0.0960. The van der Waals surface area contributed by atoms with Crippen molar-refractivity contribution in [3.8, 4) is 11.5 Å². The van der Waals surface area contributed by atoms with Gasteiger partial charge in [-0.15, -0.1) is 0 Å². The number of nitrogens with one attached hydrogen (secondary N) is 1. The molecule has 0 heterocycles. The Morgan fingerprint density at radius 1 is 0.966 bits per heavy atom. The van der Waals surface area contributed by atoms with Crippen molar-refractivity contribution in [3.63, 3.8) is 0 Å². The molecule has 2 aromatic carbocycles. The molecule has 0 bridgehead atoms. The van der Waals surface area contributed by atoms with Crippen molar-refractivity contribution in [1.82, 2.24) is 5.32 Å². The fourth-order valence-electron chi connectivity index (χ4n) is 3.60. The first kappa shape index (κ1) is 22.8. The topological polar surface area (TPSA) is 47.6 Å². The van der Waals surface area contributed by atoms with E-state index in [2.05, 4.69) is 37.4 Å². The summed E-state index contributed by atoms with van der Waals surface area (Å²) in [6, 6.07) is 10.1. The van der Waals surface area contributed by atoms with E-state index in [1.54, 1.807) is 7.11 Å². The van der Waals surface area contributed by atoms with Crippen molar-refractivity contribution in [1.29, 1.82) is 0 Å². The molecule has 2 atom stereocenters. The maximum absolute atomic E-state index is 12.9. The molecule has 158 valence electrons.